The maximum absolute atomic E-state index is 11.8. The Hall–Kier alpha value is -1.73. The van der Waals surface area contributed by atoms with Crippen molar-refractivity contribution >= 4 is 14.2 Å². The number of carbonyl (C=O) groups is 1. The normalized spacial score (nSPS) is 12.0. The fraction of sp³-hybridized carbons (Fsp3) is 0.471. The molecule has 21 heavy (non-hydrogen) atoms. The van der Waals surface area contributed by atoms with Gasteiger partial charge in [-0.05, 0) is 25.0 Å². The molecule has 0 amide bonds. The fourth-order valence-electron chi connectivity index (χ4n) is 1.57. The Balaban J connectivity index is 2.62. The van der Waals surface area contributed by atoms with Crippen LogP contribution in [0.25, 0.3) is 0 Å². The first-order chi connectivity index (χ1) is 9.90. The smallest absolute Gasteiger partial charge is 0.417 e. The van der Waals surface area contributed by atoms with Crippen molar-refractivity contribution in [2.75, 3.05) is 0 Å². The summed E-state index contributed by atoms with van der Waals surface area (Å²) in [6, 6.07) is 8.91. The topological polar surface area (TPSA) is 35.5 Å². The Morgan fingerprint density at radius 2 is 1.90 bits per heavy atom. The molecule has 0 saturated carbocycles. The molecule has 0 N–H and O–H groups in total. The summed E-state index contributed by atoms with van der Waals surface area (Å²) in [5.74, 6) is 3.58. The highest BCUT2D eigenvalue weighted by atomic mass is 28.3. The summed E-state index contributed by atoms with van der Waals surface area (Å²) in [7, 11) is -1.48. The van der Waals surface area contributed by atoms with Crippen LogP contribution < -0.4 is 4.74 Å². The molecule has 0 unspecified atom stereocenters. The Kier molecular flexibility index (Phi) is 7.04. The molecule has 0 heterocycles. The van der Waals surface area contributed by atoms with Crippen LogP contribution in [0.3, 0.4) is 0 Å². The zero-order valence-corrected chi connectivity index (χ0v) is 14.3. The molecular formula is C17H24O3Si. The van der Waals surface area contributed by atoms with Gasteiger partial charge in [0.15, 0.2) is 6.10 Å². The van der Waals surface area contributed by atoms with E-state index in [4.69, 9.17) is 9.47 Å². The minimum atomic E-state index is -1.48. The SMILES string of the molecule is CCCC[C@@H](C#C[Si](C)(C)C)OC(=O)Oc1ccccc1. The van der Waals surface area contributed by atoms with Crippen LogP contribution in [0.15, 0.2) is 30.3 Å². The van der Waals surface area contributed by atoms with Crippen molar-refractivity contribution < 1.29 is 14.3 Å². The molecule has 0 aliphatic heterocycles. The molecule has 0 saturated heterocycles. The molecule has 0 spiro atoms. The first-order valence-corrected chi connectivity index (χ1v) is 10.9. The second-order valence-corrected chi connectivity index (χ2v) is 10.7. The van der Waals surface area contributed by atoms with Gasteiger partial charge in [-0.25, -0.2) is 4.79 Å². The molecule has 0 radical (unpaired) electrons. The maximum atomic E-state index is 11.8. The fourth-order valence-corrected chi connectivity index (χ4v) is 2.17. The van der Waals surface area contributed by atoms with Crippen molar-refractivity contribution in [3.8, 4) is 17.2 Å². The Morgan fingerprint density at radius 3 is 2.48 bits per heavy atom. The van der Waals surface area contributed by atoms with E-state index >= 15 is 0 Å². The first-order valence-electron chi connectivity index (χ1n) is 7.37. The molecule has 0 fully saturated rings. The van der Waals surface area contributed by atoms with Crippen LogP contribution in [0.1, 0.15) is 26.2 Å². The number of hydrogen-bond donors (Lipinski definition) is 0. The van der Waals surface area contributed by atoms with Gasteiger partial charge in [-0.15, -0.1) is 5.54 Å². The number of hydrogen-bond acceptors (Lipinski definition) is 3. The lowest BCUT2D eigenvalue weighted by Gasteiger charge is -2.13. The van der Waals surface area contributed by atoms with Crippen LogP contribution in [0.2, 0.25) is 19.6 Å². The van der Waals surface area contributed by atoms with Gasteiger partial charge in [0.05, 0.1) is 0 Å². The number of para-hydroxylation sites is 1. The Labute approximate surface area is 128 Å². The lowest BCUT2D eigenvalue weighted by atomic mass is 10.2. The van der Waals surface area contributed by atoms with Gasteiger partial charge in [-0.2, -0.15) is 0 Å². The van der Waals surface area contributed by atoms with Crippen LogP contribution in [0, 0.1) is 11.5 Å². The van der Waals surface area contributed by atoms with E-state index in [0.717, 1.165) is 19.3 Å². The monoisotopic (exact) mass is 304 g/mol. The molecule has 0 bridgehead atoms. The summed E-state index contributed by atoms with van der Waals surface area (Å²) in [5, 5.41) is 0. The number of rotatable bonds is 5. The van der Waals surface area contributed by atoms with Crippen LogP contribution in [-0.4, -0.2) is 20.3 Å². The van der Waals surface area contributed by atoms with Crippen LogP contribution in [0.4, 0.5) is 4.79 Å². The van der Waals surface area contributed by atoms with Crippen molar-refractivity contribution in [1.29, 1.82) is 0 Å². The zero-order chi connectivity index (χ0) is 15.7. The summed E-state index contributed by atoms with van der Waals surface area (Å²) in [5.41, 5.74) is 3.26. The summed E-state index contributed by atoms with van der Waals surface area (Å²) < 4.78 is 10.5. The van der Waals surface area contributed by atoms with Crippen LogP contribution >= 0.6 is 0 Å². The van der Waals surface area contributed by atoms with Gasteiger partial charge in [0.2, 0.25) is 0 Å². The summed E-state index contributed by atoms with van der Waals surface area (Å²) in [4.78, 5) is 11.8. The van der Waals surface area contributed by atoms with E-state index in [-0.39, 0.29) is 6.10 Å². The van der Waals surface area contributed by atoms with Gasteiger partial charge in [-0.3, -0.25) is 0 Å². The summed E-state index contributed by atoms with van der Waals surface area (Å²) in [6.07, 6.45) is 1.70. The molecule has 3 nitrogen and oxygen atoms in total. The zero-order valence-electron chi connectivity index (χ0n) is 13.3. The van der Waals surface area contributed by atoms with Crippen molar-refractivity contribution in [3.05, 3.63) is 30.3 Å². The third-order valence-corrected chi connectivity index (χ3v) is 3.51. The van der Waals surface area contributed by atoms with E-state index in [1.807, 2.05) is 18.2 Å². The minimum absolute atomic E-state index is 0.382. The van der Waals surface area contributed by atoms with Crippen molar-refractivity contribution in [3.63, 3.8) is 0 Å². The van der Waals surface area contributed by atoms with E-state index in [9.17, 15) is 4.79 Å². The third kappa shape index (κ3) is 8.21. The second-order valence-electron chi connectivity index (χ2n) is 5.93. The summed E-state index contributed by atoms with van der Waals surface area (Å²) in [6.45, 7) is 8.60. The molecule has 1 rings (SSSR count). The number of ether oxygens (including phenoxy) is 2. The first kappa shape index (κ1) is 17.3. The Morgan fingerprint density at radius 1 is 1.24 bits per heavy atom. The van der Waals surface area contributed by atoms with Gasteiger partial charge in [0, 0.05) is 0 Å². The molecular weight excluding hydrogens is 280 g/mol. The predicted octanol–water partition coefficient (Wildman–Crippen LogP) is 4.64. The van der Waals surface area contributed by atoms with Crippen molar-refractivity contribution in [2.24, 2.45) is 0 Å². The van der Waals surface area contributed by atoms with Gasteiger partial charge < -0.3 is 9.47 Å². The average Bonchev–Trinajstić information content (AvgIpc) is 2.42. The minimum Gasteiger partial charge on any atom is -0.417 e. The number of unbranched alkanes of at least 4 members (excludes halogenated alkanes) is 1. The number of benzene rings is 1. The molecule has 0 aliphatic carbocycles. The average molecular weight is 304 g/mol. The quantitative estimate of drug-likeness (QED) is 0.344. The molecule has 1 atom stereocenters. The second kappa shape index (κ2) is 8.53. The largest absolute Gasteiger partial charge is 0.515 e. The highest BCUT2D eigenvalue weighted by Crippen LogP contribution is 2.12. The highest BCUT2D eigenvalue weighted by Gasteiger charge is 2.15. The van der Waals surface area contributed by atoms with E-state index in [0.29, 0.717) is 5.75 Å². The van der Waals surface area contributed by atoms with Crippen molar-refractivity contribution in [1.82, 2.24) is 0 Å². The van der Waals surface area contributed by atoms with Crippen LogP contribution in [-0.2, 0) is 4.74 Å². The van der Waals surface area contributed by atoms with Crippen LogP contribution in [0.5, 0.6) is 5.75 Å². The molecule has 1 aromatic rings. The lowest BCUT2D eigenvalue weighted by molar-refractivity contribution is 0.0757. The van der Waals surface area contributed by atoms with E-state index in [2.05, 4.69) is 38.0 Å². The van der Waals surface area contributed by atoms with Gasteiger partial charge in [0.1, 0.15) is 13.8 Å². The van der Waals surface area contributed by atoms with Gasteiger partial charge in [0.25, 0.3) is 0 Å². The molecule has 1 aromatic carbocycles. The third-order valence-electron chi connectivity index (χ3n) is 2.61. The summed E-state index contributed by atoms with van der Waals surface area (Å²) >= 11 is 0. The Bertz CT molecular complexity index is 494. The molecule has 0 aliphatic rings. The van der Waals surface area contributed by atoms with Gasteiger partial charge >= 0.3 is 6.16 Å². The lowest BCUT2D eigenvalue weighted by Crippen LogP contribution is -2.22. The van der Waals surface area contributed by atoms with Gasteiger partial charge in [-0.1, -0.05) is 57.1 Å². The van der Waals surface area contributed by atoms with E-state index in [1.165, 1.54) is 0 Å². The van der Waals surface area contributed by atoms with Crippen molar-refractivity contribution in [2.45, 2.75) is 51.9 Å². The maximum Gasteiger partial charge on any atom is 0.515 e. The standard InChI is InChI=1S/C17H24O3Si/c1-5-6-10-16(13-14-21(2,3)4)20-17(18)19-15-11-8-7-9-12-15/h7-9,11-12,16H,5-6,10H2,1-4H3/t16-/m0/s1. The number of carbonyl (C=O) groups excluding carboxylic acids is 1. The van der Waals surface area contributed by atoms with E-state index in [1.54, 1.807) is 12.1 Å². The highest BCUT2D eigenvalue weighted by molar-refractivity contribution is 6.83. The molecule has 4 heteroatoms. The molecule has 0 aromatic heterocycles. The van der Waals surface area contributed by atoms with E-state index < -0.39 is 14.2 Å². The predicted molar refractivity (Wildman–Crippen MR) is 88.0 cm³/mol. The molecule has 114 valence electrons.